The molecule has 10 aromatic rings. The zero-order chi connectivity index (χ0) is 50.4. The maximum absolute atomic E-state index is 14.7. The van der Waals surface area contributed by atoms with Crippen molar-refractivity contribution in [3.8, 4) is 23.0 Å². The van der Waals surface area contributed by atoms with Crippen molar-refractivity contribution in [2.45, 2.75) is 0 Å². The van der Waals surface area contributed by atoms with Crippen molar-refractivity contribution in [3.63, 3.8) is 0 Å². The number of aromatic nitrogens is 14. The Morgan fingerprint density at radius 3 is 1.48 bits per heavy atom. The Balaban J connectivity index is 0.000000139. The molecule has 0 unspecified atom stereocenters. The summed E-state index contributed by atoms with van der Waals surface area (Å²) < 4.78 is 35.1. The molecule has 10 heterocycles. The summed E-state index contributed by atoms with van der Waals surface area (Å²) in [5.74, 6) is -3.24. The summed E-state index contributed by atoms with van der Waals surface area (Å²) in [6.07, 6.45) is 13.9. The van der Waals surface area contributed by atoms with Gasteiger partial charge in [0.15, 0.2) is 23.3 Å². The molecule has 73 heavy (non-hydrogen) atoms. The Morgan fingerprint density at radius 2 is 1.03 bits per heavy atom. The molecule has 2 fully saturated rings. The number of nitrogens with zero attached hydrogens (tertiary/aromatic N) is 15. The zero-order valence-electron chi connectivity index (χ0n) is 38.4. The van der Waals surface area contributed by atoms with Crippen LogP contribution in [0.2, 0.25) is 0 Å². The minimum absolute atomic E-state index is 0.000696. The first-order chi connectivity index (χ1) is 35.7. The minimum Gasteiger partial charge on any atom is -0.475 e. The summed E-state index contributed by atoms with van der Waals surface area (Å²) in [4.78, 5) is 68.0. The lowest BCUT2D eigenvalue weighted by Crippen LogP contribution is -2.51. The number of nitrogens with one attached hydrogen (secondary N) is 3. The summed E-state index contributed by atoms with van der Waals surface area (Å²) >= 11 is 0. The molecule has 4 N–H and O–H groups in total. The van der Waals surface area contributed by atoms with Crippen LogP contribution < -0.4 is 15.1 Å². The van der Waals surface area contributed by atoms with Crippen LogP contribution in [0, 0.1) is 11.6 Å². The molecule has 25 heteroatoms. The van der Waals surface area contributed by atoms with Crippen molar-refractivity contribution >= 4 is 56.9 Å². The molecule has 0 saturated carbocycles. The number of carbonyl (C=O) groups excluding carboxylic acids is 3. The summed E-state index contributed by atoms with van der Waals surface area (Å²) in [7, 11) is 0. The number of halogens is 2. The van der Waals surface area contributed by atoms with Crippen LogP contribution in [0.1, 0.15) is 20.7 Å². The molecular formula is C48H42F2N18O5. The highest BCUT2D eigenvalue weighted by Gasteiger charge is 2.31. The smallest absolute Gasteiger partial charge is 0.377 e. The third-order valence-corrected chi connectivity index (χ3v) is 12.0. The van der Waals surface area contributed by atoms with E-state index in [9.17, 15) is 28.0 Å². The number of para-hydroxylation sites is 2. The fraction of sp³-hybridized carbons (Fsp3) is 0.167. The van der Waals surface area contributed by atoms with Gasteiger partial charge in [-0.1, -0.05) is 46.8 Å². The molecule has 2 aliphatic heterocycles. The quantitative estimate of drug-likeness (QED) is 0.112. The van der Waals surface area contributed by atoms with Gasteiger partial charge in [0.05, 0.1) is 93.9 Å². The van der Waals surface area contributed by atoms with Crippen LogP contribution in [0.3, 0.4) is 0 Å². The standard InChI is InChI=1S/C24H20FN9O2.C13H16N4.C11H6FN5O3/c25-18-15-27-23(33-9-8-28-30-33)21-20(18)17(14-26-21)22(35)24(36)32-12-10-31(11-13-32)19-6-7-29-34(19)16-4-2-1-3-5-16;1-2-4-12(5-3-1)17-13(6-7-15-17)16-10-8-14-9-11-16;12-6-4-14-10(17-2-1-15-16-17)8-7(6)5(3-13-8)9(18)11(19)20/h1-9,14-15,26H,10-13H2;1-7,14H,8-11H2;1-4,13H,(H,19,20). The van der Waals surface area contributed by atoms with E-state index in [0.29, 0.717) is 26.2 Å². The van der Waals surface area contributed by atoms with Crippen LogP contribution in [0.25, 0.3) is 44.8 Å². The van der Waals surface area contributed by atoms with Crippen LogP contribution in [0.5, 0.6) is 0 Å². The van der Waals surface area contributed by atoms with Gasteiger partial charge >= 0.3 is 5.97 Å². The second kappa shape index (κ2) is 20.7. The van der Waals surface area contributed by atoms with E-state index < -0.39 is 35.1 Å². The minimum atomic E-state index is -1.66. The number of carboxylic acids is 1. The largest absolute Gasteiger partial charge is 0.475 e. The number of H-pyrrole nitrogens is 2. The molecule has 368 valence electrons. The second-order valence-corrected chi connectivity index (χ2v) is 16.3. The summed E-state index contributed by atoms with van der Waals surface area (Å²) in [6, 6.07) is 24.1. The molecule has 23 nitrogen and oxygen atoms in total. The van der Waals surface area contributed by atoms with Gasteiger partial charge in [-0.25, -0.2) is 42.3 Å². The fourth-order valence-corrected chi connectivity index (χ4v) is 8.55. The summed E-state index contributed by atoms with van der Waals surface area (Å²) in [5.41, 5.74) is 2.17. The number of benzene rings is 2. The molecule has 2 aliphatic rings. The Hall–Kier alpha value is -9.78. The number of aliphatic carboxylic acids is 1. The molecule has 2 aromatic carbocycles. The number of anilines is 2. The average Bonchev–Trinajstić information content (AvgIpc) is 4.30. The molecule has 0 aliphatic carbocycles. The van der Waals surface area contributed by atoms with Crippen molar-refractivity contribution in [2.75, 3.05) is 62.2 Å². The third-order valence-electron chi connectivity index (χ3n) is 12.0. The van der Waals surface area contributed by atoms with Gasteiger partial charge in [0.2, 0.25) is 0 Å². The van der Waals surface area contributed by atoms with Gasteiger partial charge in [0.1, 0.15) is 11.6 Å². The third kappa shape index (κ3) is 9.49. The van der Waals surface area contributed by atoms with Crippen molar-refractivity contribution in [1.82, 2.24) is 79.7 Å². The van der Waals surface area contributed by atoms with Crippen LogP contribution in [0.4, 0.5) is 20.4 Å². The maximum Gasteiger partial charge on any atom is 0.377 e. The van der Waals surface area contributed by atoms with Gasteiger partial charge in [0.25, 0.3) is 17.5 Å². The molecule has 0 spiro atoms. The Morgan fingerprint density at radius 1 is 0.562 bits per heavy atom. The highest BCUT2D eigenvalue weighted by molar-refractivity contribution is 6.45. The van der Waals surface area contributed by atoms with Crippen molar-refractivity contribution in [2.24, 2.45) is 0 Å². The number of pyridine rings is 2. The Labute approximate surface area is 411 Å². The van der Waals surface area contributed by atoms with E-state index in [4.69, 9.17) is 5.11 Å². The highest BCUT2D eigenvalue weighted by atomic mass is 19.1. The number of fused-ring (bicyclic) bond motifs is 2. The van der Waals surface area contributed by atoms with Crippen molar-refractivity contribution < 1.29 is 33.1 Å². The predicted octanol–water partition coefficient (Wildman–Crippen LogP) is 3.83. The number of Topliss-reactive ketones (excluding diaryl/α,β-unsaturated/α-hetero) is 2. The Kier molecular flexibility index (Phi) is 13.3. The van der Waals surface area contributed by atoms with Gasteiger partial charge in [-0.15, -0.1) is 10.2 Å². The normalized spacial score (nSPS) is 13.6. The maximum atomic E-state index is 14.7. The van der Waals surface area contributed by atoms with Crippen molar-refractivity contribution in [1.29, 1.82) is 0 Å². The number of ketones is 2. The summed E-state index contributed by atoms with van der Waals surface area (Å²) in [5, 5.41) is 35.7. The molecule has 2 saturated heterocycles. The molecule has 1 amide bonds. The molecule has 8 aromatic heterocycles. The van der Waals surface area contributed by atoms with E-state index in [-0.39, 0.29) is 44.6 Å². The number of carbonyl (C=O) groups is 4. The predicted molar refractivity (Wildman–Crippen MR) is 259 cm³/mol. The first kappa shape index (κ1) is 46.9. The topological polar surface area (TPSA) is 265 Å². The molecule has 12 rings (SSSR count). The molecule has 0 radical (unpaired) electrons. The molecular weight excluding hydrogens is 947 g/mol. The zero-order valence-corrected chi connectivity index (χ0v) is 38.4. The fourth-order valence-electron chi connectivity index (χ4n) is 8.55. The first-order valence-electron chi connectivity index (χ1n) is 22.7. The molecule has 0 bridgehead atoms. The second-order valence-electron chi connectivity index (χ2n) is 16.3. The van der Waals surface area contributed by atoms with Gasteiger partial charge in [-0.05, 0) is 24.3 Å². The van der Waals surface area contributed by atoms with Gasteiger partial charge in [0, 0.05) is 76.9 Å². The number of piperazine rings is 2. The van der Waals surface area contributed by atoms with Crippen LogP contribution in [-0.4, -0.2) is 155 Å². The number of rotatable bonds is 10. The monoisotopic (exact) mass is 988 g/mol. The molecule has 0 atom stereocenters. The SMILES string of the molecule is O=C(C(=O)N1CCN(c2ccnn2-c2ccccc2)CC1)c1c[nH]c2c(-n3ccnn3)ncc(F)c12.O=C(O)C(=O)c1c[nH]c2c(-n3ccnn3)ncc(F)c12.c1ccc(-n2nccc2N2CCNCC2)cc1. The van der Waals surface area contributed by atoms with E-state index >= 15 is 0 Å². The highest BCUT2D eigenvalue weighted by Crippen LogP contribution is 2.28. The van der Waals surface area contributed by atoms with Crippen molar-refractivity contribution in [3.05, 3.63) is 158 Å². The van der Waals surface area contributed by atoms with E-state index in [1.54, 1.807) is 12.4 Å². The lowest BCUT2D eigenvalue weighted by Gasteiger charge is -2.35. The van der Waals surface area contributed by atoms with Gasteiger partial charge < -0.3 is 35.1 Å². The van der Waals surface area contributed by atoms with Crippen LogP contribution in [-0.2, 0) is 9.59 Å². The lowest BCUT2D eigenvalue weighted by atomic mass is 10.1. The van der Waals surface area contributed by atoms with E-state index in [0.717, 1.165) is 62.0 Å². The van der Waals surface area contributed by atoms with Gasteiger partial charge in [-0.3, -0.25) is 14.4 Å². The lowest BCUT2D eigenvalue weighted by molar-refractivity contribution is -0.131. The number of carboxylic acid groups (broad SMARTS) is 1. The average molecular weight is 989 g/mol. The number of hydrogen-bond donors (Lipinski definition) is 4. The van der Waals surface area contributed by atoms with Crippen LogP contribution in [0.15, 0.2) is 135 Å². The van der Waals surface area contributed by atoms with E-state index in [1.807, 2.05) is 70.2 Å². The number of hydrogen-bond acceptors (Lipinski definition) is 15. The van der Waals surface area contributed by atoms with E-state index in [1.165, 1.54) is 44.9 Å². The number of amides is 1. The van der Waals surface area contributed by atoms with Crippen LogP contribution >= 0.6 is 0 Å². The summed E-state index contributed by atoms with van der Waals surface area (Å²) in [6.45, 7) is 5.92. The number of aromatic amines is 2. The van der Waals surface area contributed by atoms with Gasteiger partial charge in [-0.2, -0.15) is 10.2 Å². The first-order valence-corrected chi connectivity index (χ1v) is 22.7. The Bertz CT molecular complexity index is 3540. The van der Waals surface area contributed by atoms with E-state index in [2.05, 4.69) is 84.1 Å².